The van der Waals surface area contributed by atoms with Crippen LogP contribution in [0.5, 0.6) is 0 Å². The molecule has 0 bridgehead atoms. The summed E-state index contributed by atoms with van der Waals surface area (Å²) in [4.78, 5) is 18.6. The van der Waals surface area contributed by atoms with Crippen molar-refractivity contribution in [1.82, 2.24) is 19.9 Å². The summed E-state index contributed by atoms with van der Waals surface area (Å²) in [5.74, 6) is -0.459. The molecular formula is C20H18ClF3N6O. The van der Waals surface area contributed by atoms with Gasteiger partial charge in [-0.3, -0.25) is 0 Å². The van der Waals surface area contributed by atoms with E-state index in [1.807, 2.05) is 4.90 Å². The normalized spacial score (nSPS) is 22.7. The number of rotatable bonds is 4. The Hall–Kier alpha value is -3.01. The van der Waals surface area contributed by atoms with Crippen LogP contribution in [0, 0.1) is 11.6 Å². The van der Waals surface area contributed by atoms with Gasteiger partial charge < -0.3 is 15.5 Å². The van der Waals surface area contributed by atoms with Crippen LogP contribution in [-0.2, 0) is 0 Å². The van der Waals surface area contributed by atoms with Gasteiger partial charge in [-0.1, -0.05) is 11.6 Å². The molecule has 1 aliphatic carbocycles. The van der Waals surface area contributed by atoms with Gasteiger partial charge in [-0.2, -0.15) is 5.10 Å². The Kier molecular flexibility index (Phi) is 4.88. The average Bonchev–Trinajstić information content (AvgIpc) is 3.13. The second kappa shape index (κ2) is 7.60. The fraction of sp³-hybridized carbons (Fsp3) is 0.350. The number of carbonyl (C=O) groups is 1. The second-order valence-corrected chi connectivity index (χ2v) is 8.05. The number of nitrogens with zero attached hydrogens (tertiary/aromatic N) is 4. The number of hydrogen-bond donors (Lipinski definition) is 2. The van der Waals surface area contributed by atoms with Crippen molar-refractivity contribution in [1.29, 1.82) is 0 Å². The molecule has 1 saturated heterocycles. The van der Waals surface area contributed by atoms with Crippen LogP contribution < -0.4 is 15.5 Å². The lowest BCUT2D eigenvalue weighted by atomic mass is 10.0. The van der Waals surface area contributed by atoms with Gasteiger partial charge in [0.15, 0.2) is 10.8 Å². The first kappa shape index (κ1) is 19.9. The molecule has 0 radical (unpaired) electrons. The minimum Gasteiger partial charge on any atom is -0.349 e. The van der Waals surface area contributed by atoms with E-state index in [0.29, 0.717) is 18.8 Å². The molecule has 7 nitrogen and oxygen atoms in total. The summed E-state index contributed by atoms with van der Waals surface area (Å²) in [5.41, 5.74) is 0.744. The molecule has 11 heteroatoms. The number of carbonyl (C=O) groups excluding carboxylic acids is 1. The molecule has 1 saturated carbocycles. The third kappa shape index (κ3) is 3.76. The highest BCUT2D eigenvalue weighted by molar-refractivity contribution is 6.33. The van der Waals surface area contributed by atoms with Gasteiger partial charge in [-0.05, 0) is 37.1 Å². The number of halogens is 4. The lowest BCUT2D eigenvalue weighted by molar-refractivity contribution is 0.250. The Balaban J connectivity index is 1.46. The summed E-state index contributed by atoms with van der Waals surface area (Å²) in [5, 5.41) is 9.24. The molecular weight excluding hydrogens is 433 g/mol. The topological polar surface area (TPSA) is 74.6 Å². The molecule has 1 aliphatic heterocycles. The van der Waals surface area contributed by atoms with Crippen LogP contribution in [0.25, 0.3) is 5.65 Å². The molecule has 2 fully saturated rings. The molecule has 2 amide bonds. The largest absolute Gasteiger partial charge is 0.349 e. The van der Waals surface area contributed by atoms with E-state index in [1.54, 1.807) is 12.3 Å². The summed E-state index contributed by atoms with van der Waals surface area (Å²) in [6, 6.07) is 3.64. The predicted octanol–water partition coefficient (Wildman–Crippen LogP) is 4.23. The van der Waals surface area contributed by atoms with Crippen LogP contribution in [0.4, 0.5) is 29.5 Å². The Labute approximate surface area is 180 Å². The van der Waals surface area contributed by atoms with Crippen LogP contribution in [-0.4, -0.2) is 39.4 Å². The van der Waals surface area contributed by atoms with E-state index in [9.17, 15) is 18.0 Å². The van der Waals surface area contributed by atoms with Gasteiger partial charge in [0.25, 0.3) is 0 Å². The van der Waals surface area contributed by atoms with Gasteiger partial charge in [0.1, 0.15) is 29.3 Å². The Bertz CT molecular complexity index is 1170. The zero-order valence-electron chi connectivity index (χ0n) is 16.2. The van der Waals surface area contributed by atoms with Crippen LogP contribution >= 0.6 is 11.6 Å². The summed E-state index contributed by atoms with van der Waals surface area (Å²) in [6.07, 6.45) is 2.30. The van der Waals surface area contributed by atoms with Crippen molar-refractivity contribution in [2.75, 3.05) is 16.8 Å². The number of amides is 2. The fourth-order valence-corrected chi connectivity index (χ4v) is 4.14. The van der Waals surface area contributed by atoms with Crippen molar-refractivity contribution in [3.05, 3.63) is 52.8 Å². The second-order valence-electron chi connectivity index (χ2n) is 7.69. The number of anilines is 2. The van der Waals surface area contributed by atoms with Crippen molar-refractivity contribution in [2.45, 2.75) is 37.5 Å². The third-order valence-corrected chi connectivity index (χ3v) is 5.82. The molecule has 3 heterocycles. The van der Waals surface area contributed by atoms with E-state index >= 15 is 0 Å². The van der Waals surface area contributed by atoms with Crippen molar-refractivity contribution >= 4 is 34.8 Å². The maximum absolute atomic E-state index is 14.4. The quantitative estimate of drug-likeness (QED) is 0.623. The van der Waals surface area contributed by atoms with Crippen LogP contribution in [0.2, 0.25) is 5.15 Å². The molecule has 5 rings (SSSR count). The molecule has 2 aromatic heterocycles. The van der Waals surface area contributed by atoms with Crippen molar-refractivity contribution in [3.63, 3.8) is 0 Å². The third-order valence-electron chi connectivity index (χ3n) is 5.56. The van der Waals surface area contributed by atoms with Gasteiger partial charge in [0.05, 0.1) is 12.1 Å². The zero-order valence-corrected chi connectivity index (χ0v) is 16.9. The van der Waals surface area contributed by atoms with E-state index in [1.165, 1.54) is 10.6 Å². The first-order valence-electron chi connectivity index (χ1n) is 9.89. The molecule has 0 spiro atoms. The number of aromatic nitrogens is 3. The molecule has 2 aliphatic rings. The first-order valence-corrected chi connectivity index (χ1v) is 10.3. The van der Waals surface area contributed by atoms with Crippen molar-refractivity contribution in [3.8, 4) is 0 Å². The fourth-order valence-electron chi connectivity index (χ4n) is 3.93. The maximum Gasteiger partial charge on any atom is 0.319 e. The Morgan fingerprint density at radius 3 is 2.84 bits per heavy atom. The van der Waals surface area contributed by atoms with Crippen LogP contribution in [0.3, 0.4) is 0 Å². The molecule has 3 atom stereocenters. The zero-order chi connectivity index (χ0) is 21.7. The predicted molar refractivity (Wildman–Crippen MR) is 109 cm³/mol. The minimum absolute atomic E-state index is 0.0292. The van der Waals surface area contributed by atoms with E-state index in [2.05, 4.69) is 20.7 Å². The molecule has 0 unspecified atom stereocenters. The van der Waals surface area contributed by atoms with E-state index < -0.39 is 29.9 Å². The van der Waals surface area contributed by atoms with E-state index in [4.69, 9.17) is 11.6 Å². The summed E-state index contributed by atoms with van der Waals surface area (Å²) >= 11 is 6.17. The lowest BCUT2D eigenvalue weighted by Crippen LogP contribution is -2.31. The lowest BCUT2D eigenvalue weighted by Gasteiger charge is -2.26. The molecule has 162 valence electrons. The molecule has 1 aromatic carbocycles. The highest BCUT2D eigenvalue weighted by Crippen LogP contribution is 2.37. The number of alkyl halides is 1. The molecule has 31 heavy (non-hydrogen) atoms. The number of nitrogens with one attached hydrogen (secondary N) is 2. The number of fused-ring (bicyclic) bond motifs is 1. The minimum atomic E-state index is -1.04. The van der Waals surface area contributed by atoms with Crippen LogP contribution in [0.15, 0.2) is 30.5 Å². The Morgan fingerprint density at radius 2 is 2.06 bits per heavy atom. The molecule has 3 aromatic rings. The SMILES string of the molecule is O=C(Nc1c(Cl)nn2ccc(N3CCC[C@@H]3c3cc(F)ccc3F)nc12)N[C@H]1C[C@H]1F. The van der Waals surface area contributed by atoms with Crippen molar-refractivity contribution < 1.29 is 18.0 Å². The standard InChI is InChI=1S/C20H18ClF3N6O/c21-18-17(27-20(31)25-14-9-13(14)24)19-26-16(5-7-30(19)28-18)29-6-1-2-15(29)11-8-10(22)3-4-12(11)23/h3-5,7-8,13-15H,1-2,6,9H2,(H2,25,27,31)/t13-,14+,15-/m1/s1. The average molecular weight is 451 g/mol. The number of urea groups is 1. The van der Waals surface area contributed by atoms with Crippen molar-refractivity contribution in [2.24, 2.45) is 0 Å². The highest BCUT2D eigenvalue weighted by Gasteiger charge is 2.39. The van der Waals surface area contributed by atoms with Gasteiger partial charge >= 0.3 is 6.03 Å². The first-order chi connectivity index (χ1) is 14.9. The van der Waals surface area contributed by atoms with Gasteiger partial charge in [-0.15, -0.1) is 0 Å². The summed E-state index contributed by atoms with van der Waals surface area (Å²) in [7, 11) is 0. The Morgan fingerprint density at radius 1 is 1.26 bits per heavy atom. The van der Waals surface area contributed by atoms with Gasteiger partial charge in [0.2, 0.25) is 0 Å². The van der Waals surface area contributed by atoms with Gasteiger partial charge in [-0.25, -0.2) is 27.5 Å². The number of hydrogen-bond acceptors (Lipinski definition) is 4. The monoisotopic (exact) mass is 450 g/mol. The molecule has 2 N–H and O–H groups in total. The summed E-state index contributed by atoms with van der Waals surface area (Å²) < 4.78 is 42.6. The van der Waals surface area contributed by atoms with Gasteiger partial charge in [0, 0.05) is 24.7 Å². The maximum atomic E-state index is 14.4. The van der Waals surface area contributed by atoms with E-state index in [0.717, 1.165) is 18.6 Å². The summed E-state index contributed by atoms with van der Waals surface area (Å²) in [6.45, 7) is 0.606. The number of benzene rings is 1. The van der Waals surface area contributed by atoms with Crippen LogP contribution in [0.1, 0.15) is 30.9 Å². The van der Waals surface area contributed by atoms with E-state index in [-0.39, 0.29) is 34.5 Å². The highest BCUT2D eigenvalue weighted by atomic mass is 35.5. The smallest absolute Gasteiger partial charge is 0.319 e.